The number of aryl methyl sites for hydroxylation is 1. The molecular formula is C25H38. The molecule has 3 rings (SSSR count). The quantitative estimate of drug-likeness (QED) is 0.488. The van der Waals surface area contributed by atoms with Gasteiger partial charge >= 0.3 is 0 Å². The van der Waals surface area contributed by atoms with Crippen molar-refractivity contribution in [1.82, 2.24) is 0 Å². The van der Waals surface area contributed by atoms with Crippen molar-refractivity contribution in [1.29, 1.82) is 0 Å². The highest BCUT2D eigenvalue weighted by molar-refractivity contribution is 5.38. The van der Waals surface area contributed by atoms with Gasteiger partial charge in [-0.25, -0.2) is 0 Å². The second kappa shape index (κ2) is 8.88. The maximum absolute atomic E-state index is 4.19. The van der Waals surface area contributed by atoms with E-state index in [2.05, 4.69) is 51.3 Å². The maximum Gasteiger partial charge on any atom is -0.0100 e. The molecule has 0 amide bonds. The van der Waals surface area contributed by atoms with E-state index in [0.717, 1.165) is 24.2 Å². The van der Waals surface area contributed by atoms with E-state index < -0.39 is 0 Å². The van der Waals surface area contributed by atoms with Crippen LogP contribution < -0.4 is 0 Å². The molecule has 0 aliphatic heterocycles. The van der Waals surface area contributed by atoms with Crippen molar-refractivity contribution < 1.29 is 0 Å². The molecule has 2 aliphatic rings. The van der Waals surface area contributed by atoms with Gasteiger partial charge < -0.3 is 0 Å². The summed E-state index contributed by atoms with van der Waals surface area (Å²) in [6.07, 6.45) is 13.2. The molecule has 0 nitrogen and oxygen atoms in total. The molecule has 0 aromatic heterocycles. The number of fused-ring (bicyclic) bond motifs is 3. The molecule has 0 bridgehead atoms. The van der Waals surface area contributed by atoms with E-state index in [9.17, 15) is 0 Å². The Morgan fingerprint density at radius 1 is 1.20 bits per heavy atom. The Labute approximate surface area is 156 Å². The van der Waals surface area contributed by atoms with Crippen LogP contribution in [0.2, 0.25) is 0 Å². The Balaban J connectivity index is 0.00000109. The van der Waals surface area contributed by atoms with Crippen LogP contribution in [0.15, 0.2) is 43.5 Å². The van der Waals surface area contributed by atoms with Gasteiger partial charge in [-0.2, -0.15) is 0 Å². The fourth-order valence-electron chi connectivity index (χ4n) is 5.39. The van der Waals surface area contributed by atoms with Gasteiger partial charge in [0, 0.05) is 0 Å². The summed E-state index contributed by atoms with van der Waals surface area (Å²) in [5.41, 5.74) is 5.04. The summed E-state index contributed by atoms with van der Waals surface area (Å²) in [5.74, 6) is 2.44. The summed E-state index contributed by atoms with van der Waals surface area (Å²) in [7, 11) is 0. The van der Waals surface area contributed by atoms with E-state index in [0.29, 0.717) is 5.41 Å². The summed E-state index contributed by atoms with van der Waals surface area (Å²) >= 11 is 0. The van der Waals surface area contributed by atoms with Gasteiger partial charge in [-0.05, 0) is 78.4 Å². The van der Waals surface area contributed by atoms with Crippen LogP contribution in [-0.4, -0.2) is 0 Å². The summed E-state index contributed by atoms with van der Waals surface area (Å²) in [6.45, 7) is 16.9. The zero-order valence-corrected chi connectivity index (χ0v) is 17.0. The number of benzene rings is 1. The third kappa shape index (κ3) is 3.94. The van der Waals surface area contributed by atoms with Gasteiger partial charge in [0.2, 0.25) is 0 Å². The first-order valence-electron chi connectivity index (χ1n) is 10.5. The predicted molar refractivity (Wildman–Crippen MR) is 112 cm³/mol. The first-order chi connectivity index (χ1) is 12.1. The maximum atomic E-state index is 4.19. The van der Waals surface area contributed by atoms with Crippen LogP contribution in [0.1, 0.15) is 82.4 Å². The van der Waals surface area contributed by atoms with Crippen molar-refractivity contribution in [2.24, 2.45) is 17.3 Å². The lowest BCUT2D eigenvalue weighted by Crippen LogP contribution is -2.41. The fourth-order valence-corrected chi connectivity index (χ4v) is 5.39. The van der Waals surface area contributed by atoms with Gasteiger partial charge in [0.15, 0.2) is 0 Å². The number of rotatable bonds is 5. The Morgan fingerprint density at radius 2 is 1.96 bits per heavy atom. The minimum Gasteiger partial charge on any atom is -0.103 e. The standard InChI is InChI=1S/C23H32.C2H6/c1-5-8-17-10-12-19-18(16-17)11-13-21-20(19)14-15-23(4,7-3)22(21)9-6-2;1-2/h5,7,10,12,16,20-22H,1,3,6,8-9,11,13-15H2,2,4H3;1-2H3. The lowest BCUT2D eigenvalue weighted by molar-refractivity contribution is 0.0614. The topological polar surface area (TPSA) is 0 Å². The average Bonchev–Trinajstić information content (AvgIpc) is 2.65. The molecule has 0 N–H and O–H groups in total. The molecule has 1 fully saturated rings. The molecule has 138 valence electrons. The van der Waals surface area contributed by atoms with Gasteiger partial charge in [0.1, 0.15) is 0 Å². The molecule has 2 aliphatic carbocycles. The molecular weight excluding hydrogens is 300 g/mol. The summed E-state index contributed by atoms with van der Waals surface area (Å²) in [5, 5.41) is 0. The van der Waals surface area contributed by atoms with Crippen molar-refractivity contribution in [3.63, 3.8) is 0 Å². The van der Waals surface area contributed by atoms with Crippen LogP contribution in [0, 0.1) is 17.3 Å². The second-order valence-electron chi connectivity index (χ2n) is 7.98. The third-order valence-corrected chi connectivity index (χ3v) is 6.67. The number of hydrogen-bond acceptors (Lipinski definition) is 0. The normalized spacial score (nSPS) is 30.3. The summed E-state index contributed by atoms with van der Waals surface area (Å²) < 4.78 is 0. The van der Waals surface area contributed by atoms with Crippen LogP contribution in [-0.2, 0) is 12.8 Å². The van der Waals surface area contributed by atoms with Crippen molar-refractivity contribution in [2.75, 3.05) is 0 Å². The molecule has 0 heteroatoms. The van der Waals surface area contributed by atoms with E-state index in [1.165, 1.54) is 44.1 Å². The van der Waals surface area contributed by atoms with E-state index >= 15 is 0 Å². The number of allylic oxidation sites excluding steroid dienone is 2. The van der Waals surface area contributed by atoms with Gasteiger partial charge in [-0.3, -0.25) is 0 Å². The molecule has 4 unspecified atom stereocenters. The van der Waals surface area contributed by atoms with E-state index in [4.69, 9.17) is 0 Å². The predicted octanol–water partition coefficient (Wildman–Crippen LogP) is 7.49. The molecule has 25 heavy (non-hydrogen) atoms. The van der Waals surface area contributed by atoms with Crippen molar-refractivity contribution in [3.8, 4) is 0 Å². The fraction of sp³-hybridized carbons (Fsp3) is 0.600. The highest BCUT2D eigenvalue weighted by Crippen LogP contribution is 2.56. The highest BCUT2D eigenvalue weighted by Gasteiger charge is 2.46. The minimum absolute atomic E-state index is 0.345. The molecule has 1 aromatic rings. The van der Waals surface area contributed by atoms with E-state index in [1.807, 2.05) is 19.9 Å². The average molecular weight is 339 g/mol. The van der Waals surface area contributed by atoms with Crippen LogP contribution in [0.3, 0.4) is 0 Å². The first-order valence-corrected chi connectivity index (χ1v) is 10.5. The summed E-state index contributed by atoms with van der Waals surface area (Å²) in [4.78, 5) is 0. The van der Waals surface area contributed by atoms with Gasteiger partial charge in [-0.1, -0.05) is 64.5 Å². The molecule has 0 heterocycles. The lowest BCUT2D eigenvalue weighted by atomic mass is 9.53. The zero-order valence-electron chi connectivity index (χ0n) is 17.0. The molecule has 4 atom stereocenters. The lowest BCUT2D eigenvalue weighted by Gasteiger charge is -2.51. The van der Waals surface area contributed by atoms with Crippen molar-refractivity contribution >= 4 is 0 Å². The highest BCUT2D eigenvalue weighted by atomic mass is 14.5. The van der Waals surface area contributed by atoms with Gasteiger partial charge in [0.25, 0.3) is 0 Å². The number of hydrogen-bond donors (Lipinski definition) is 0. The smallest absolute Gasteiger partial charge is 0.0100 e. The first kappa shape index (κ1) is 20.0. The van der Waals surface area contributed by atoms with E-state index in [-0.39, 0.29) is 0 Å². The SMILES string of the molecule is C=CCc1ccc2c(c1)CCC1C2CCC(C)(C=C)C1CCC.CC. The van der Waals surface area contributed by atoms with Crippen LogP contribution in [0.25, 0.3) is 0 Å². The molecule has 0 saturated heterocycles. The third-order valence-electron chi connectivity index (χ3n) is 6.67. The Bertz CT molecular complexity index is 582. The van der Waals surface area contributed by atoms with Gasteiger partial charge in [0.05, 0.1) is 0 Å². The minimum atomic E-state index is 0.345. The van der Waals surface area contributed by atoms with E-state index in [1.54, 1.807) is 11.1 Å². The Kier molecular flexibility index (Phi) is 7.11. The van der Waals surface area contributed by atoms with Crippen molar-refractivity contribution in [3.05, 3.63) is 60.2 Å². The largest absolute Gasteiger partial charge is 0.103 e. The molecule has 1 saturated carbocycles. The summed E-state index contributed by atoms with van der Waals surface area (Å²) in [6, 6.07) is 7.22. The molecule has 0 radical (unpaired) electrons. The van der Waals surface area contributed by atoms with Crippen LogP contribution in [0.5, 0.6) is 0 Å². The molecule has 0 spiro atoms. The van der Waals surface area contributed by atoms with Gasteiger partial charge in [-0.15, -0.1) is 13.2 Å². The molecule has 1 aromatic carbocycles. The van der Waals surface area contributed by atoms with Crippen LogP contribution in [0.4, 0.5) is 0 Å². The Morgan fingerprint density at radius 3 is 2.60 bits per heavy atom. The Hall–Kier alpha value is -1.30. The zero-order chi connectivity index (χ0) is 18.4. The van der Waals surface area contributed by atoms with Crippen molar-refractivity contribution in [2.45, 2.75) is 78.6 Å². The monoisotopic (exact) mass is 338 g/mol. The second-order valence-corrected chi connectivity index (χ2v) is 7.98. The van der Waals surface area contributed by atoms with Crippen LogP contribution >= 0.6 is 0 Å².